The van der Waals surface area contributed by atoms with Crippen LogP contribution in [0.25, 0.3) is 0 Å². The van der Waals surface area contributed by atoms with Gasteiger partial charge in [-0.15, -0.1) is 0 Å². The summed E-state index contributed by atoms with van der Waals surface area (Å²) in [6.45, 7) is 10.5. The molecule has 1 aromatic rings. The Hall–Kier alpha value is -0.860. The Morgan fingerprint density at radius 2 is 1.83 bits per heavy atom. The van der Waals surface area contributed by atoms with Crippen LogP contribution in [0, 0.1) is 19.8 Å². The number of benzene rings is 1. The Labute approximate surface area is 112 Å². The molecular weight excluding hydrogens is 220 g/mol. The molecule has 0 bridgehead atoms. The maximum Gasteiger partial charge on any atom is 0.0447 e. The standard InChI is InChI=1S/C16H28N2/c1-5-14(6-2)11-18-16(10-17)15-8-7-12(3)9-13(15)4/h7-9,14,16,18H,5-6,10-11,17H2,1-4H3. The molecule has 2 nitrogen and oxygen atoms in total. The molecule has 0 aromatic heterocycles. The second kappa shape index (κ2) is 7.55. The summed E-state index contributed by atoms with van der Waals surface area (Å²) in [6.07, 6.45) is 2.46. The third-order valence-corrected chi connectivity index (χ3v) is 3.84. The number of hydrogen-bond donors (Lipinski definition) is 2. The summed E-state index contributed by atoms with van der Waals surface area (Å²) in [5, 5.41) is 3.62. The summed E-state index contributed by atoms with van der Waals surface area (Å²) in [5.74, 6) is 0.754. The minimum atomic E-state index is 0.284. The first kappa shape index (κ1) is 15.2. The maximum absolute atomic E-state index is 5.92. The van der Waals surface area contributed by atoms with Crippen molar-refractivity contribution in [2.75, 3.05) is 13.1 Å². The lowest BCUT2D eigenvalue weighted by molar-refractivity contribution is 0.413. The van der Waals surface area contributed by atoms with Gasteiger partial charge in [-0.1, -0.05) is 50.5 Å². The van der Waals surface area contributed by atoms with E-state index in [1.165, 1.54) is 29.5 Å². The van der Waals surface area contributed by atoms with Gasteiger partial charge in [-0.2, -0.15) is 0 Å². The molecule has 102 valence electrons. The first-order valence-electron chi connectivity index (χ1n) is 7.12. The number of hydrogen-bond acceptors (Lipinski definition) is 2. The Bertz CT molecular complexity index is 356. The average Bonchev–Trinajstić information content (AvgIpc) is 2.36. The van der Waals surface area contributed by atoms with E-state index in [1.807, 2.05) is 0 Å². The zero-order chi connectivity index (χ0) is 13.5. The first-order chi connectivity index (χ1) is 8.62. The Balaban J connectivity index is 2.71. The Kier molecular flexibility index (Phi) is 6.37. The van der Waals surface area contributed by atoms with Crippen molar-refractivity contribution in [2.24, 2.45) is 11.7 Å². The van der Waals surface area contributed by atoms with Crippen LogP contribution in [-0.4, -0.2) is 13.1 Å². The van der Waals surface area contributed by atoms with Crippen molar-refractivity contribution >= 4 is 0 Å². The lowest BCUT2D eigenvalue weighted by atomic mass is 9.97. The molecular formula is C16H28N2. The van der Waals surface area contributed by atoms with Gasteiger partial charge in [0.05, 0.1) is 0 Å². The Morgan fingerprint density at radius 3 is 2.33 bits per heavy atom. The lowest BCUT2D eigenvalue weighted by Gasteiger charge is -2.22. The molecule has 18 heavy (non-hydrogen) atoms. The fourth-order valence-electron chi connectivity index (χ4n) is 2.42. The third-order valence-electron chi connectivity index (χ3n) is 3.84. The normalized spacial score (nSPS) is 13.0. The molecule has 0 aliphatic rings. The van der Waals surface area contributed by atoms with E-state index >= 15 is 0 Å². The fraction of sp³-hybridized carbons (Fsp3) is 0.625. The predicted octanol–water partition coefficient (Wildman–Crippen LogP) is 3.33. The summed E-state index contributed by atoms with van der Waals surface area (Å²) in [6, 6.07) is 6.90. The molecule has 0 saturated carbocycles. The number of aryl methyl sites for hydroxylation is 2. The molecule has 0 amide bonds. The summed E-state index contributed by atoms with van der Waals surface area (Å²) in [5.41, 5.74) is 9.91. The fourth-order valence-corrected chi connectivity index (χ4v) is 2.42. The first-order valence-corrected chi connectivity index (χ1v) is 7.12. The van der Waals surface area contributed by atoms with Gasteiger partial charge in [0.25, 0.3) is 0 Å². The zero-order valence-corrected chi connectivity index (χ0v) is 12.3. The number of rotatable bonds is 7. The number of nitrogens with one attached hydrogen (secondary N) is 1. The highest BCUT2D eigenvalue weighted by Crippen LogP contribution is 2.19. The summed E-state index contributed by atoms with van der Waals surface area (Å²) in [4.78, 5) is 0. The van der Waals surface area contributed by atoms with Crippen molar-refractivity contribution in [1.82, 2.24) is 5.32 Å². The maximum atomic E-state index is 5.92. The molecule has 3 N–H and O–H groups in total. The summed E-state index contributed by atoms with van der Waals surface area (Å²) < 4.78 is 0. The molecule has 0 radical (unpaired) electrons. The third kappa shape index (κ3) is 4.11. The van der Waals surface area contributed by atoms with Crippen LogP contribution >= 0.6 is 0 Å². The predicted molar refractivity (Wildman–Crippen MR) is 79.8 cm³/mol. The van der Waals surface area contributed by atoms with E-state index in [9.17, 15) is 0 Å². The van der Waals surface area contributed by atoms with Gasteiger partial charge in [0.1, 0.15) is 0 Å². The monoisotopic (exact) mass is 248 g/mol. The SMILES string of the molecule is CCC(CC)CNC(CN)c1ccc(C)cc1C. The second-order valence-corrected chi connectivity index (χ2v) is 5.24. The van der Waals surface area contributed by atoms with Crippen molar-refractivity contribution in [2.45, 2.75) is 46.6 Å². The van der Waals surface area contributed by atoms with Gasteiger partial charge >= 0.3 is 0 Å². The molecule has 2 heteroatoms. The highest BCUT2D eigenvalue weighted by molar-refractivity contribution is 5.33. The highest BCUT2D eigenvalue weighted by atomic mass is 14.9. The van der Waals surface area contributed by atoms with Crippen LogP contribution in [0.1, 0.15) is 49.4 Å². The van der Waals surface area contributed by atoms with E-state index < -0.39 is 0 Å². The van der Waals surface area contributed by atoms with E-state index in [4.69, 9.17) is 5.73 Å². The average molecular weight is 248 g/mol. The van der Waals surface area contributed by atoms with Crippen molar-refractivity contribution in [3.05, 3.63) is 34.9 Å². The van der Waals surface area contributed by atoms with E-state index in [2.05, 4.69) is 51.2 Å². The molecule has 1 rings (SSSR count). The summed E-state index contributed by atoms with van der Waals surface area (Å²) >= 11 is 0. The van der Waals surface area contributed by atoms with Crippen LogP contribution in [0.2, 0.25) is 0 Å². The van der Waals surface area contributed by atoms with Crippen LogP contribution in [-0.2, 0) is 0 Å². The minimum absolute atomic E-state index is 0.284. The van der Waals surface area contributed by atoms with Gasteiger partial charge in [-0.05, 0) is 37.4 Å². The van der Waals surface area contributed by atoms with E-state index in [0.29, 0.717) is 6.54 Å². The van der Waals surface area contributed by atoms with Crippen LogP contribution in [0.3, 0.4) is 0 Å². The van der Waals surface area contributed by atoms with Crippen LogP contribution < -0.4 is 11.1 Å². The molecule has 1 unspecified atom stereocenters. The van der Waals surface area contributed by atoms with Gasteiger partial charge in [0.15, 0.2) is 0 Å². The van der Waals surface area contributed by atoms with Crippen molar-refractivity contribution in [1.29, 1.82) is 0 Å². The smallest absolute Gasteiger partial charge is 0.0447 e. The topological polar surface area (TPSA) is 38.0 Å². The zero-order valence-electron chi connectivity index (χ0n) is 12.3. The van der Waals surface area contributed by atoms with Crippen LogP contribution in [0.5, 0.6) is 0 Å². The Morgan fingerprint density at radius 1 is 1.17 bits per heavy atom. The van der Waals surface area contributed by atoms with Crippen LogP contribution in [0.15, 0.2) is 18.2 Å². The van der Waals surface area contributed by atoms with Gasteiger partial charge < -0.3 is 11.1 Å². The highest BCUT2D eigenvalue weighted by Gasteiger charge is 2.13. The summed E-state index contributed by atoms with van der Waals surface area (Å²) in [7, 11) is 0. The molecule has 0 aliphatic carbocycles. The van der Waals surface area contributed by atoms with Gasteiger partial charge in [0.2, 0.25) is 0 Å². The van der Waals surface area contributed by atoms with Crippen molar-refractivity contribution in [3.8, 4) is 0 Å². The van der Waals surface area contributed by atoms with Crippen LogP contribution in [0.4, 0.5) is 0 Å². The number of nitrogens with two attached hydrogens (primary N) is 1. The molecule has 0 spiro atoms. The van der Waals surface area contributed by atoms with Crippen molar-refractivity contribution < 1.29 is 0 Å². The largest absolute Gasteiger partial charge is 0.329 e. The van der Waals surface area contributed by atoms with E-state index in [-0.39, 0.29) is 6.04 Å². The van der Waals surface area contributed by atoms with Gasteiger partial charge in [-0.3, -0.25) is 0 Å². The molecule has 0 fully saturated rings. The van der Waals surface area contributed by atoms with Gasteiger partial charge in [0, 0.05) is 12.6 Å². The second-order valence-electron chi connectivity index (χ2n) is 5.24. The molecule has 0 heterocycles. The van der Waals surface area contributed by atoms with E-state index in [1.54, 1.807) is 0 Å². The van der Waals surface area contributed by atoms with Crippen molar-refractivity contribution in [3.63, 3.8) is 0 Å². The molecule has 1 atom stereocenters. The lowest BCUT2D eigenvalue weighted by Crippen LogP contribution is -2.32. The molecule has 1 aromatic carbocycles. The van der Waals surface area contributed by atoms with E-state index in [0.717, 1.165) is 12.5 Å². The van der Waals surface area contributed by atoms with Gasteiger partial charge in [-0.25, -0.2) is 0 Å². The minimum Gasteiger partial charge on any atom is -0.329 e. The quantitative estimate of drug-likeness (QED) is 0.777. The molecule has 0 aliphatic heterocycles. The molecule has 0 saturated heterocycles.